The number of rotatable bonds is 7. The summed E-state index contributed by atoms with van der Waals surface area (Å²) >= 11 is 1.53. The first-order valence-corrected chi connectivity index (χ1v) is 10.9. The zero-order chi connectivity index (χ0) is 22.7. The zero-order valence-electron chi connectivity index (χ0n) is 17.6. The Balaban J connectivity index is 1.59. The van der Waals surface area contributed by atoms with Crippen LogP contribution in [-0.2, 0) is 20.7 Å². The lowest BCUT2D eigenvalue weighted by Gasteiger charge is -2.32. The van der Waals surface area contributed by atoms with E-state index in [1.165, 1.54) is 34.4 Å². The molecule has 1 N–H and O–H groups in total. The molecule has 9 heteroatoms. The third-order valence-corrected chi connectivity index (χ3v) is 5.89. The van der Waals surface area contributed by atoms with Crippen molar-refractivity contribution in [1.82, 2.24) is 4.98 Å². The molecule has 32 heavy (non-hydrogen) atoms. The third kappa shape index (κ3) is 4.63. The van der Waals surface area contributed by atoms with Crippen LogP contribution in [0.15, 0.2) is 47.8 Å². The van der Waals surface area contributed by atoms with Gasteiger partial charge in [0.1, 0.15) is 18.1 Å². The van der Waals surface area contributed by atoms with Gasteiger partial charge in [-0.3, -0.25) is 14.5 Å². The number of nitrogens with zero attached hydrogens (tertiary/aromatic N) is 2. The lowest BCUT2D eigenvalue weighted by Crippen LogP contribution is -2.47. The van der Waals surface area contributed by atoms with Crippen LogP contribution >= 0.6 is 11.3 Å². The summed E-state index contributed by atoms with van der Waals surface area (Å²) in [5, 5.41) is 5.41. The molecule has 1 atom stereocenters. The van der Waals surface area contributed by atoms with Crippen LogP contribution in [0.2, 0.25) is 0 Å². The van der Waals surface area contributed by atoms with Gasteiger partial charge in [0.05, 0.1) is 28.7 Å². The number of anilines is 2. The molecule has 4 rings (SSSR count). The highest BCUT2D eigenvalue weighted by molar-refractivity contribution is 7.09. The maximum atomic E-state index is 13.9. The standard InChI is InChI=1S/C23H22FN3O4S/c1-14-23(29)27(12-21(28)25-17-6-4-3-5-16(17)24)19-11-15(7-8-20(19)31-14)18-13-32-22(26-18)9-10-30-2/h3-8,11,13-14H,9-10,12H2,1-2H3,(H,25,28). The molecule has 2 amide bonds. The Bertz CT molecular complexity index is 1150. The molecule has 0 spiro atoms. The number of amides is 2. The highest BCUT2D eigenvalue weighted by Gasteiger charge is 2.33. The number of para-hydroxylation sites is 1. The Kier molecular flexibility index (Phi) is 6.48. The minimum absolute atomic E-state index is 0.0614. The van der Waals surface area contributed by atoms with E-state index in [0.29, 0.717) is 24.5 Å². The number of hydrogen-bond acceptors (Lipinski definition) is 6. The maximum absolute atomic E-state index is 13.9. The normalized spacial score (nSPS) is 15.3. The number of hydrogen-bond donors (Lipinski definition) is 1. The van der Waals surface area contributed by atoms with Crippen LogP contribution in [0.5, 0.6) is 5.75 Å². The van der Waals surface area contributed by atoms with Crippen LogP contribution in [0, 0.1) is 5.82 Å². The summed E-state index contributed by atoms with van der Waals surface area (Å²) in [5.41, 5.74) is 2.10. The number of carbonyl (C=O) groups excluding carboxylic acids is 2. The van der Waals surface area contributed by atoms with Gasteiger partial charge in [-0.15, -0.1) is 11.3 Å². The molecule has 0 radical (unpaired) electrons. The number of fused-ring (bicyclic) bond motifs is 1. The van der Waals surface area contributed by atoms with Crippen molar-refractivity contribution >= 4 is 34.5 Å². The van der Waals surface area contributed by atoms with Gasteiger partial charge in [-0.2, -0.15) is 0 Å². The van der Waals surface area contributed by atoms with Gasteiger partial charge in [-0.05, 0) is 37.3 Å². The van der Waals surface area contributed by atoms with Gasteiger partial charge < -0.3 is 14.8 Å². The number of methoxy groups -OCH3 is 1. The average molecular weight is 456 g/mol. The summed E-state index contributed by atoms with van der Waals surface area (Å²) in [7, 11) is 1.65. The highest BCUT2D eigenvalue weighted by Crippen LogP contribution is 2.37. The second-order valence-electron chi connectivity index (χ2n) is 7.26. The monoisotopic (exact) mass is 455 g/mol. The molecule has 0 bridgehead atoms. The summed E-state index contributed by atoms with van der Waals surface area (Å²) in [6, 6.07) is 11.3. The van der Waals surface area contributed by atoms with Gasteiger partial charge >= 0.3 is 0 Å². The molecule has 2 heterocycles. The van der Waals surface area contributed by atoms with Crippen LogP contribution in [0.1, 0.15) is 11.9 Å². The molecule has 7 nitrogen and oxygen atoms in total. The zero-order valence-corrected chi connectivity index (χ0v) is 18.4. The van der Waals surface area contributed by atoms with Crippen LogP contribution < -0.4 is 15.0 Å². The summed E-state index contributed by atoms with van der Waals surface area (Å²) in [4.78, 5) is 31.4. The van der Waals surface area contributed by atoms with E-state index in [1.807, 2.05) is 11.4 Å². The fourth-order valence-corrected chi connectivity index (χ4v) is 4.16. The van der Waals surface area contributed by atoms with Gasteiger partial charge in [0.2, 0.25) is 5.91 Å². The first-order valence-electron chi connectivity index (χ1n) is 10.1. The number of nitrogens with one attached hydrogen (secondary N) is 1. The fourth-order valence-electron chi connectivity index (χ4n) is 3.37. The van der Waals surface area contributed by atoms with Gasteiger partial charge in [0, 0.05) is 24.5 Å². The van der Waals surface area contributed by atoms with Crippen molar-refractivity contribution in [2.45, 2.75) is 19.4 Å². The van der Waals surface area contributed by atoms with E-state index in [0.717, 1.165) is 16.3 Å². The molecule has 0 aliphatic carbocycles. The van der Waals surface area contributed by atoms with Gasteiger partial charge in [0.15, 0.2) is 6.10 Å². The maximum Gasteiger partial charge on any atom is 0.268 e. The molecule has 166 valence electrons. The van der Waals surface area contributed by atoms with E-state index in [1.54, 1.807) is 32.2 Å². The predicted molar refractivity (Wildman–Crippen MR) is 121 cm³/mol. The number of halogens is 1. The topological polar surface area (TPSA) is 80.8 Å². The smallest absolute Gasteiger partial charge is 0.268 e. The van der Waals surface area contributed by atoms with Crippen LogP contribution in [-0.4, -0.2) is 43.2 Å². The van der Waals surface area contributed by atoms with E-state index >= 15 is 0 Å². The van der Waals surface area contributed by atoms with Crippen molar-refractivity contribution in [3.05, 3.63) is 58.7 Å². The molecule has 1 unspecified atom stereocenters. The summed E-state index contributed by atoms with van der Waals surface area (Å²) in [6.07, 6.45) is -0.0253. The highest BCUT2D eigenvalue weighted by atomic mass is 32.1. The van der Waals surface area contributed by atoms with Gasteiger partial charge in [-0.25, -0.2) is 9.37 Å². The Labute approximate surface area is 188 Å². The Morgan fingerprint density at radius 1 is 1.31 bits per heavy atom. The predicted octanol–water partition coefficient (Wildman–Crippen LogP) is 3.89. The number of aromatic nitrogens is 1. The Morgan fingerprint density at radius 3 is 2.91 bits per heavy atom. The third-order valence-electron chi connectivity index (χ3n) is 4.98. The fraction of sp³-hybridized carbons (Fsp3) is 0.261. The van der Waals surface area contributed by atoms with Crippen molar-refractivity contribution in [2.75, 3.05) is 30.5 Å². The summed E-state index contributed by atoms with van der Waals surface area (Å²) in [5.74, 6) is -0.908. The van der Waals surface area contributed by atoms with E-state index < -0.39 is 17.8 Å². The van der Waals surface area contributed by atoms with E-state index in [4.69, 9.17) is 9.47 Å². The van der Waals surface area contributed by atoms with Gasteiger partial charge in [0.25, 0.3) is 5.91 Å². The molecule has 1 aromatic heterocycles. The molecule has 2 aromatic carbocycles. The molecule has 0 fully saturated rings. The minimum atomic E-state index is -0.741. The van der Waals surface area contributed by atoms with E-state index in [9.17, 15) is 14.0 Å². The van der Waals surface area contributed by atoms with Crippen LogP contribution in [0.25, 0.3) is 11.3 Å². The van der Waals surface area contributed by atoms with Crippen LogP contribution in [0.4, 0.5) is 15.8 Å². The molecule has 0 saturated carbocycles. The molecule has 0 saturated heterocycles. The molecule has 1 aliphatic heterocycles. The first kappa shape index (κ1) is 21.9. The number of thiazole rings is 1. The average Bonchev–Trinajstić information content (AvgIpc) is 3.26. The molecular weight excluding hydrogens is 433 g/mol. The lowest BCUT2D eigenvalue weighted by molar-refractivity contribution is -0.127. The summed E-state index contributed by atoms with van der Waals surface area (Å²) in [6.45, 7) is 1.94. The van der Waals surface area contributed by atoms with Crippen molar-refractivity contribution < 1.29 is 23.5 Å². The number of ether oxygens (including phenoxy) is 2. The van der Waals surface area contributed by atoms with E-state index in [2.05, 4.69) is 10.3 Å². The largest absolute Gasteiger partial charge is 0.479 e. The van der Waals surface area contributed by atoms with Crippen molar-refractivity contribution in [3.63, 3.8) is 0 Å². The molecule has 1 aliphatic rings. The Hall–Kier alpha value is -3.30. The van der Waals surface area contributed by atoms with E-state index in [-0.39, 0.29) is 18.1 Å². The minimum Gasteiger partial charge on any atom is -0.479 e. The van der Waals surface area contributed by atoms with Crippen LogP contribution in [0.3, 0.4) is 0 Å². The van der Waals surface area contributed by atoms with Crippen molar-refractivity contribution in [3.8, 4) is 17.0 Å². The second kappa shape index (κ2) is 9.46. The number of benzene rings is 2. The SMILES string of the molecule is COCCc1nc(-c2ccc3c(c2)N(CC(=O)Nc2ccccc2F)C(=O)C(C)O3)cs1. The Morgan fingerprint density at radius 2 is 2.12 bits per heavy atom. The summed E-state index contributed by atoms with van der Waals surface area (Å²) < 4.78 is 24.7. The first-order chi connectivity index (χ1) is 15.5. The quantitative estimate of drug-likeness (QED) is 0.585. The van der Waals surface area contributed by atoms with Crippen molar-refractivity contribution in [1.29, 1.82) is 0 Å². The molecular formula is C23H22FN3O4S. The lowest BCUT2D eigenvalue weighted by atomic mass is 10.1. The van der Waals surface area contributed by atoms with Gasteiger partial charge in [-0.1, -0.05) is 12.1 Å². The second-order valence-corrected chi connectivity index (χ2v) is 8.21. The van der Waals surface area contributed by atoms with Crippen molar-refractivity contribution in [2.24, 2.45) is 0 Å². The number of carbonyl (C=O) groups is 2. The molecule has 3 aromatic rings.